The molecule has 17 heteroatoms. The summed E-state index contributed by atoms with van der Waals surface area (Å²) in [7, 11) is 5.50. The van der Waals surface area contributed by atoms with Crippen LogP contribution in [0.3, 0.4) is 0 Å². The SMILES string of the molecule is COC(=O)N[C@H](C(=O)N1CCC[C@H]1c1ncc(-c2ccc3cc(-c4ccc5nc([C@@H]6CCCN6C(=O)[C@@H](NC(=O)OC)[C@@H](C)OC)[nH]c5c4)ncc3c2)[nH]1)[C@@H](C)OC. The number of nitrogens with zero attached hydrogens (tertiary/aromatic N) is 5. The first-order valence-electron chi connectivity index (χ1n) is 19.3. The Morgan fingerprint density at radius 1 is 0.707 bits per heavy atom. The summed E-state index contributed by atoms with van der Waals surface area (Å²) in [5.74, 6) is 0.824. The monoisotopic (exact) mass is 795 g/mol. The number of fused-ring (bicyclic) bond motifs is 2. The van der Waals surface area contributed by atoms with Crippen molar-refractivity contribution >= 4 is 45.8 Å². The molecule has 2 saturated heterocycles. The van der Waals surface area contributed by atoms with E-state index in [1.54, 1.807) is 29.8 Å². The highest BCUT2D eigenvalue weighted by atomic mass is 16.5. The summed E-state index contributed by atoms with van der Waals surface area (Å²) < 4.78 is 20.3. The van der Waals surface area contributed by atoms with Gasteiger partial charge in [-0.25, -0.2) is 19.6 Å². The highest BCUT2D eigenvalue weighted by Gasteiger charge is 2.40. The molecule has 0 radical (unpaired) electrons. The fourth-order valence-corrected chi connectivity index (χ4v) is 7.86. The first-order chi connectivity index (χ1) is 28.0. The number of imidazole rings is 2. The van der Waals surface area contributed by atoms with Crippen molar-refractivity contribution in [1.82, 2.24) is 45.4 Å². The van der Waals surface area contributed by atoms with Gasteiger partial charge in [0.1, 0.15) is 23.7 Å². The first-order valence-corrected chi connectivity index (χ1v) is 19.3. The molecule has 2 fully saturated rings. The number of nitrogens with one attached hydrogen (secondary N) is 4. The van der Waals surface area contributed by atoms with Crippen LogP contribution in [0.5, 0.6) is 0 Å². The van der Waals surface area contributed by atoms with Crippen LogP contribution in [-0.2, 0) is 28.5 Å². The number of likely N-dealkylation sites (tertiary alicyclic amines) is 2. The number of H-pyrrole nitrogens is 2. The lowest BCUT2D eigenvalue weighted by Gasteiger charge is -2.30. The average molecular weight is 796 g/mol. The number of aromatic nitrogens is 5. The van der Waals surface area contributed by atoms with Gasteiger partial charge in [0.25, 0.3) is 0 Å². The Morgan fingerprint density at radius 2 is 1.31 bits per heavy atom. The fraction of sp³-hybridized carbons (Fsp3) is 0.439. The maximum Gasteiger partial charge on any atom is 0.407 e. The molecule has 4 N–H and O–H groups in total. The normalized spacial score (nSPS) is 18.9. The van der Waals surface area contributed by atoms with Crippen LogP contribution in [0, 0.1) is 0 Å². The standard InChI is InChI=1S/C41H49N9O8/c1-22(55-3)34(47-40(53)57-5)38(51)49-15-7-9-32(49)36-43-21-31(46-36)25-12-11-24-18-29(42-20-27(24)17-25)26-13-14-28-30(19-26)45-37(44-28)33-10-8-16-50(33)39(52)35(23(2)56-4)48-41(54)58-6/h11-14,17-23,32-35H,7-10,15-16H2,1-6H3,(H,43,46)(H,44,45)(H,47,53)(H,48,54)/t22-,23-,32+,33+,34+,35+/m1/s1. The van der Waals surface area contributed by atoms with Gasteiger partial charge in [-0.2, -0.15) is 0 Å². The van der Waals surface area contributed by atoms with Crippen LogP contribution in [0.4, 0.5) is 9.59 Å². The zero-order valence-electron chi connectivity index (χ0n) is 33.4. The maximum atomic E-state index is 13.7. The number of hydrogen-bond acceptors (Lipinski definition) is 11. The van der Waals surface area contributed by atoms with Gasteiger partial charge in [0.15, 0.2) is 0 Å². The van der Waals surface area contributed by atoms with E-state index in [0.29, 0.717) is 24.7 Å². The number of carbonyl (C=O) groups is 4. The number of methoxy groups -OCH3 is 4. The van der Waals surface area contributed by atoms with Gasteiger partial charge < -0.3 is 49.3 Å². The second kappa shape index (κ2) is 17.2. The number of carbonyl (C=O) groups excluding carboxylic acids is 4. The van der Waals surface area contributed by atoms with E-state index < -0.39 is 36.5 Å². The summed E-state index contributed by atoms with van der Waals surface area (Å²) in [6, 6.07) is 11.7. The molecule has 0 unspecified atom stereocenters. The highest BCUT2D eigenvalue weighted by molar-refractivity contribution is 5.91. The van der Waals surface area contributed by atoms with E-state index in [-0.39, 0.29) is 23.9 Å². The Balaban J connectivity index is 1.07. The lowest BCUT2D eigenvalue weighted by molar-refractivity contribution is -0.138. The van der Waals surface area contributed by atoms with Crippen molar-refractivity contribution in [1.29, 1.82) is 0 Å². The topological polar surface area (TPSA) is 206 Å². The minimum absolute atomic E-state index is 0.259. The van der Waals surface area contributed by atoms with Crippen LogP contribution in [0.2, 0.25) is 0 Å². The third kappa shape index (κ3) is 8.04. The molecule has 0 aliphatic carbocycles. The Labute approximate surface area is 335 Å². The summed E-state index contributed by atoms with van der Waals surface area (Å²) in [4.78, 5) is 76.2. The zero-order chi connectivity index (χ0) is 41.1. The number of alkyl carbamates (subject to hydrolysis) is 2. The summed E-state index contributed by atoms with van der Waals surface area (Å²) >= 11 is 0. The summed E-state index contributed by atoms with van der Waals surface area (Å²) in [5, 5.41) is 7.19. The number of pyridine rings is 1. The first kappa shape index (κ1) is 40.1. The van der Waals surface area contributed by atoms with E-state index in [1.165, 1.54) is 28.4 Å². The van der Waals surface area contributed by atoms with Crippen molar-refractivity contribution in [2.24, 2.45) is 0 Å². The number of ether oxygens (including phenoxy) is 4. The van der Waals surface area contributed by atoms with Gasteiger partial charge in [-0.05, 0) is 69.2 Å². The van der Waals surface area contributed by atoms with Crippen molar-refractivity contribution in [3.63, 3.8) is 0 Å². The van der Waals surface area contributed by atoms with Crippen molar-refractivity contribution < 1.29 is 38.1 Å². The number of hydrogen-bond donors (Lipinski definition) is 4. The number of benzene rings is 2. The van der Waals surface area contributed by atoms with Crippen LogP contribution in [0.1, 0.15) is 63.3 Å². The molecule has 7 rings (SSSR count). The van der Waals surface area contributed by atoms with E-state index in [0.717, 1.165) is 70.0 Å². The average Bonchev–Trinajstić information content (AvgIpc) is 4.09. The number of amides is 4. The van der Waals surface area contributed by atoms with Crippen molar-refractivity contribution in [2.45, 2.75) is 75.9 Å². The number of rotatable bonds is 12. The third-order valence-corrected chi connectivity index (χ3v) is 11.3. The molecule has 306 valence electrons. The highest BCUT2D eigenvalue weighted by Crippen LogP contribution is 2.35. The Morgan fingerprint density at radius 3 is 1.91 bits per heavy atom. The number of aromatic amines is 2. The summed E-state index contributed by atoms with van der Waals surface area (Å²) in [5.41, 5.74) is 5.01. The molecule has 5 aromatic rings. The molecule has 17 nitrogen and oxygen atoms in total. The van der Waals surface area contributed by atoms with E-state index in [4.69, 9.17) is 28.9 Å². The lowest BCUT2D eigenvalue weighted by atomic mass is 10.0. The molecule has 2 aromatic carbocycles. The molecule has 0 bridgehead atoms. The smallest absolute Gasteiger partial charge is 0.407 e. The summed E-state index contributed by atoms with van der Waals surface area (Å²) in [6.45, 7) is 4.51. The van der Waals surface area contributed by atoms with Gasteiger partial charge in [-0.3, -0.25) is 14.6 Å². The Kier molecular flexibility index (Phi) is 11.9. The molecule has 5 heterocycles. The molecule has 0 spiro atoms. The van der Waals surface area contributed by atoms with Gasteiger partial charge in [-0.1, -0.05) is 18.2 Å². The molecular formula is C41H49N9O8. The van der Waals surface area contributed by atoms with Crippen LogP contribution < -0.4 is 10.6 Å². The third-order valence-electron chi connectivity index (χ3n) is 11.3. The zero-order valence-corrected chi connectivity index (χ0v) is 33.4. The largest absolute Gasteiger partial charge is 0.453 e. The predicted octanol–water partition coefficient (Wildman–Crippen LogP) is 5.01. The van der Waals surface area contributed by atoms with E-state index >= 15 is 0 Å². The molecule has 3 aromatic heterocycles. The van der Waals surface area contributed by atoms with E-state index in [9.17, 15) is 19.2 Å². The molecular weight excluding hydrogens is 747 g/mol. The summed E-state index contributed by atoms with van der Waals surface area (Å²) in [6.07, 6.45) is 4.12. The van der Waals surface area contributed by atoms with Crippen LogP contribution in [0.25, 0.3) is 44.3 Å². The second-order valence-corrected chi connectivity index (χ2v) is 14.7. The maximum absolute atomic E-state index is 13.7. The minimum atomic E-state index is -0.913. The van der Waals surface area contributed by atoms with Crippen molar-refractivity contribution in [3.05, 3.63) is 66.5 Å². The molecule has 4 amide bonds. The van der Waals surface area contributed by atoms with Crippen LogP contribution >= 0.6 is 0 Å². The van der Waals surface area contributed by atoms with Gasteiger partial charge >= 0.3 is 12.2 Å². The van der Waals surface area contributed by atoms with Gasteiger partial charge in [0.2, 0.25) is 11.8 Å². The van der Waals surface area contributed by atoms with Gasteiger partial charge in [0.05, 0.1) is 67.1 Å². The molecule has 6 atom stereocenters. The molecule has 0 saturated carbocycles. The van der Waals surface area contributed by atoms with E-state index in [1.807, 2.05) is 42.6 Å². The van der Waals surface area contributed by atoms with Crippen LogP contribution in [0.15, 0.2) is 54.9 Å². The second-order valence-electron chi connectivity index (χ2n) is 14.7. The Hall–Kier alpha value is -6.07. The van der Waals surface area contributed by atoms with Gasteiger partial charge in [-0.15, -0.1) is 0 Å². The minimum Gasteiger partial charge on any atom is -0.453 e. The molecule has 2 aliphatic heterocycles. The van der Waals surface area contributed by atoms with Gasteiger partial charge in [0, 0.05) is 50.0 Å². The van der Waals surface area contributed by atoms with Crippen LogP contribution in [-0.4, -0.2) is 125 Å². The lowest BCUT2D eigenvalue weighted by Crippen LogP contribution is -2.54. The van der Waals surface area contributed by atoms with Crippen molar-refractivity contribution in [2.75, 3.05) is 41.5 Å². The molecule has 2 aliphatic rings. The van der Waals surface area contributed by atoms with Crippen molar-refractivity contribution in [3.8, 4) is 22.5 Å². The fourth-order valence-electron chi connectivity index (χ4n) is 7.86. The Bertz CT molecular complexity index is 2310. The van der Waals surface area contributed by atoms with E-state index in [2.05, 4.69) is 31.7 Å². The quantitative estimate of drug-likeness (QED) is 0.132. The molecule has 58 heavy (non-hydrogen) atoms. The predicted molar refractivity (Wildman–Crippen MR) is 213 cm³/mol.